The minimum absolute atomic E-state index is 0.0666. The number of allylic oxidation sites excluding steroid dienone is 1. The number of thiophene rings is 1. The van der Waals surface area contributed by atoms with E-state index in [0.29, 0.717) is 32.8 Å². The van der Waals surface area contributed by atoms with Gasteiger partial charge in [-0.3, -0.25) is 9.59 Å². The van der Waals surface area contributed by atoms with Crippen molar-refractivity contribution < 1.29 is 14.3 Å². The van der Waals surface area contributed by atoms with Crippen molar-refractivity contribution in [2.45, 2.75) is 26.2 Å². The number of hydrogen-bond donors (Lipinski definition) is 0. The monoisotopic (exact) mass is 334 g/mol. The molecule has 3 rings (SSSR count). The van der Waals surface area contributed by atoms with Crippen LogP contribution in [0.2, 0.25) is 0 Å². The summed E-state index contributed by atoms with van der Waals surface area (Å²) in [6, 6.07) is 1.86. The van der Waals surface area contributed by atoms with Gasteiger partial charge in [0.2, 0.25) is 0 Å². The van der Waals surface area contributed by atoms with Crippen molar-refractivity contribution in [1.29, 1.82) is 0 Å². The molecule has 1 aromatic rings. The van der Waals surface area contributed by atoms with Crippen LogP contribution in [0, 0.1) is 0 Å². The fourth-order valence-corrected chi connectivity index (χ4v) is 3.71. The number of rotatable bonds is 2. The standard InChI is InChI=1S/C17H22N2O3S/c1-13-15(4-2-10-22-13)17(21)19-7-3-6-18(8-9-19)16(20)14-5-11-23-12-14/h5,11-12H,2-4,6-10H2,1H3. The molecule has 0 saturated carbocycles. The zero-order valence-corrected chi connectivity index (χ0v) is 14.2. The smallest absolute Gasteiger partial charge is 0.254 e. The lowest BCUT2D eigenvalue weighted by Crippen LogP contribution is -2.38. The van der Waals surface area contributed by atoms with E-state index in [1.807, 2.05) is 33.6 Å². The van der Waals surface area contributed by atoms with Crippen LogP contribution in [0.1, 0.15) is 36.5 Å². The quantitative estimate of drug-likeness (QED) is 0.835. The van der Waals surface area contributed by atoms with Gasteiger partial charge in [0, 0.05) is 31.6 Å². The highest BCUT2D eigenvalue weighted by Gasteiger charge is 2.26. The van der Waals surface area contributed by atoms with Crippen molar-refractivity contribution >= 4 is 23.2 Å². The molecule has 1 fully saturated rings. The summed E-state index contributed by atoms with van der Waals surface area (Å²) in [7, 11) is 0. The van der Waals surface area contributed by atoms with E-state index in [-0.39, 0.29) is 11.8 Å². The van der Waals surface area contributed by atoms with E-state index in [1.165, 1.54) is 11.3 Å². The summed E-state index contributed by atoms with van der Waals surface area (Å²) >= 11 is 1.53. The Labute approximate surface area is 140 Å². The molecule has 1 saturated heterocycles. The van der Waals surface area contributed by atoms with Crippen molar-refractivity contribution in [3.05, 3.63) is 33.7 Å². The van der Waals surface area contributed by atoms with Crippen LogP contribution >= 0.6 is 11.3 Å². The zero-order valence-electron chi connectivity index (χ0n) is 13.4. The van der Waals surface area contributed by atoms with Gasteiger partial charge >= 0.3 is 0 Å². The molecule has 0 atom stereocenters. The second-order valence-electron chi connectivity index (χ2n) is 5.94. The normalized spacial score (nSPS) is 19.3. The number of amides is 2. The molecule has 124 valence electrons. The molecule has 23 heavy (non-hydrogen) atoms. The molecule has 3 heterocycles. The molecule has 0 N–H and O–H groups in total. The van der Waals surface area contributed by atoms with Crippen LogP contribution in [-0.4, -0.2) is 54.4 Å². The first-order chi connectivity index (χ1) is 11.2. The van der Waals surface area contributed by atoms with E-state index in [4.69, 9.17) is 4.74 Å². The number of ether oxygens (including phenoxy) is 1. The van der Waals surface area contributed by atoms with Gasteiger partial charge in [-0.25, -0.2) is 0 Å². The largest absolute Gasteiger partial charge is 0.498 e. The summed E-state index contributed by atoms with van der Waals surface area (Å²) in [4.78, 5) is 28.9. The summed E-state index contributed by atoms with van der Waals surface area (Å²) in [5.41, 5.74) is 1.54. The summed E-state index contributed by atoms with van der Waals surface area (Å²) in [5.74, 6) is 0.903. The van der Waals surface area contributed by atoms with Crippen LogP contribution in [0.15, 0.2) is 28.2 Å². The first kappa shape index (κ1) is 16.1. The fraction of sp³-hybridized carbons (Fsp3) is 0.529. The number of carbonyl (C=O) groups excluding carboxylic acids is 2. The predicted octanol–water partition coefficient (Wildman–Crippen LogP) is 2.51. The van der Waals surface area contributed by atoms with Gasteiger partial charge in [0.25, 0.3) is 11.8 Å². The second kappa shape index (κ2) is 7.17. The molecule has 0 aromatic carbocycles. The molecule has 0 radical (unpaired) electrons. The second-order valence-corrected chi connectivity index (χ2v) is 6.72. The maximum absolute atomic E-state index is 12.7. The minimum atomic E-state index is 0.0666. The molecule has 2 aliphatic heterocycles. The Morgan fingerprint density at radius 3 is 2.48 bits per heavy atom. The maximum atomic E-state index is 12.7. The van der Waals surface area contributed by atoms with Crippen molar-refractivity contribution in [2.75, 3.05) is 32.8 Å². The lowest BCUT2D eigenvalue weighted by Gasteiger charge is -2.25. The lowest BCUT2D eigenvalue weighted by molar-refractivity contribution is -0.127. The first-order valence-electron chi connectivity index (χ1n) is 8.10. The van der Waals surface area contributed by atoms with Crippen molar-refractivity contribution in [1.82, 2.24) is 9.80 Å². The Balaban J connectivity index is 1.64. The minimum Gasteiger partial charge on any atom is -0.498 e. The summed E-state index contributed by atoms with van der Waals surface area (Å²) in [6.45, 7) is 5.15. The van der Waals surface area contributed by atoms with Crippen molar-refractivity contribution in [3.63, 3.8) is 0 Å². The van der Waals surface area contributed by atoms with Crippen molar-refractivity contribution in [2.24, 2.45) is 0 Å². The number of nitrogens with zero attached hydrogens (tertiary/aromatic N) is 2. The number of hydrogen-bond acceptors (Lipinski definition) is 4. The average Bonchev–Trinajstić information content (AvgIpc) is 2.98. The third kappa shape index (κ3) is 3.58. The third-order valence-electron chi connectivity index (χ3n) is 4.41. The fourth-order valence-electron chi connectivity index (χ4n) is 3.08. The Hall–Kier alpha value is -1.82. The van der Waals surface area contributed by atoms with Crippen LogP contribution in [0.4, 0.5) is 0 Å². The van der Waals surface area contributed by atoms with Gasteiger partial charge in [-0.1, -0.05) is 0 Å². The third-order valence-corrected chi connectivity index (χ3v) is 5.09. The van der Waals surface area contributed by atoms with Gasteiger partial charge in [0.1, 0.15) is 5.76 Å². The zero-order chi connectivity index (χ0) is 16.2. The molecule has 0 unspecified atom stereocenters. The Bertz CT molecular complexity index is 609. The maximum Gasteiger partial charge on any atom is 0.254 e. The lowest BCUT2D eigenvalue weighted by atomic mass is 10.1. The molecule has 2 amide bonds. The van der Waals surface area contributed by atoms with E-state index in [0.717, 1.165) is 36.2 Å². The predicted molar refractivity (Wildman–Crippen MR) is 89.3 cm³/mol. The van der Waals surface area contributed by atoms with E-state index in [1.54, 1.807) is 0 Å². The Morgan fingerprint density at radius 1 is 1.09 bits per heavy atom. The molecule has 1 aromatic heterocycles. The summed E-state index contributed by atoms with van der Waals surface area (Å²) in [5, 5.41) is 3.79. The Morgan fingerprint density at radius 2 is 1.83 bits per heavy atom. The van der Waals surface area contributed by atoms with Gasteiger partial charge in [-0.05, 0) is 37.6 Å². The molecule has 5 nitrogen and oxygen atoms in total. The highest BCUT2D eigenvalue weighted by atomic mass is 32.1. The van der Waals surface area contributed by atoms with Gasteiger partial charge in [-0.15, -0.1) is 0 Å². The molecule has 6 heteroatoms. The Kier molecular flexibility index (Phi) is 5.00. The van der Waals surface area contributed by atoms with Crippen LogP contribution in [0.3, 0.4) is 0 Å². The molecule has 0 spiro atoms. The highest BCUT2D eigenvalue weighted by molar-refractivity contribution is 7.08. The summed E-state index contributed by atoms with van der Waals surface area (Å²) in [6.07, 6.45) is 2.50. The number of carbonyl (C=O) groups is 2. The van der Waals surface area contributed by atoms with Crippen LogP contribution in [0.5, 0.6) is 0 Å². The van der Waals surface area contributed by atoms with E-state index < -0.39 is 0 Å². The average molecular weight is 334 g/mol. The van der Waals surface area contributed by atoms with E-state index >= 15 is 0 Å². The van der Waals surface area contributed by atoms with Gasteiger partial charge in [-0.2, -0.15) is 11.3 Å². The molecule has 2 aliphatic rings. The van der Waals surface area contributed by atoms with Gasteiger partial charge in [0.05, 0.1) is 17.7 Å². The van der Waals surface area contributed by atoms with Gasteiger partial charge < -0.3 is 14.5 Å². The topological polar surface area (TPSA) is 49.9 Å². The molecular weight excluding hydrogens is 312 g/mol. The first-order valence-corrected chi connectivity index (χ1v) is 9.04. The van der Waals surface area contributed by atoms with Crippen LogP contribution in [-0.2, 0) is 9.53 Å². The van der Waals surface area contributed by atoms with E-state index in [2.05, 4.69) is 0 Å². The van der Waals surface area contributed by atoms with Crippen LogP contribution < -0.4 is 0 Å². The summed E-state index contributed by atoms with van der Waals surface area (Å²) < 4.78 is 5.51. The molecule has 0 bridgehead atoms. The van der Waals surface area contributed by atoms with Gasteiger partial charge in [0.15, 0.2) is 0 Å². The SMILES string of the molecule is CC1=C(C(=O)N2CCCN(C(=O)c3ccsc3)CC2)CCCO1. The van der Waals surface area contributed by atoms with Crippen LogP contribution in [0.25, 0.3) is 0 Å². The highest BCUT2D eigenvalue weighted by Crippen LogP contribution is 2.22. The van der Waals surface area contributed by atoms with Crippen molar-refractivity contribution in [3.8, 4) is 0 Å². The molecular formula is C17H22N2O3S. The van der Waals surface area contributed by atoms with E-state index in [9.17, 15) is 9.59 Å². The molecule has 0 aliphatic carbocycles.